The van der Waals surface area contributed by atoms with E-state index >= 15 is 0 Å². The van der Waals surface area contributed by atoms with Gasteiger partial charge in [0.05, 0.1) is 19.8 Å². The van der Waals surface area contributed by atoms with Crippen LogP contribution < -0.4 is 9.47 Å². The van der Waals surface area contributed by atoms with E-state index in [2.05, 4.69) is 24.3 Å². The number of hydrogen-bond donors (Lipinski definition) is 2. The van der Waals surface area contributed by atoms with Crippen molar-refractivity contribution in [2.45, 2.75) is 45.1 Å². The summed E-state index contributed by atoms with van der Waals surface area (Å²) in [7, 11) is 1.62. The Hall–Kier alpha value is -2.57. The molecule has 0 radical (unpaired) electrons. The average molecular weight is 442 g/mol. The maximum Gasteiger partial charge on any atom is 0.248 e. The Labute approximate surface area is 190 Å². The van der Waals surface area contributed by atoms with Crippen LogP contribution in [-0.2, 0) is 11.2 Å². The van der Waals surface area contributed by atoms with Gasteiger partial charge < -0.3 is 24.6 Å². The number of aliphatic hydroxyl groups excluding tert-OH is 2. The quantitative estimate of drug-likeness (QED) is 0.553. The molecule has 32 heavy (non-hydrogen) atoms. The number of aryl methyl sites for hydroxylation is 1. The summed E-state index contributed by atoms with van der Waals surface area (Å²) < 4.78 is 11.6. The fourth-order valence-corrected chi connectivity index (χ4v) is 4.50. The zero-order valence-corrected chi connectivity index (χ0v) is 19.3. The summed E-state index contributed by atoms with van der Waals surface area (Å²) in [6, 6.07) is 16.2. The zero-order chi connectivity index (χ0) is 23.1. The summed E-state index contributed by atoms with van der Waals surface area (Å²) >= 11 is 0. The van der Waals surface area contributed by atoms with Gasteiger partial charge in [-0.2, -0.15) is 0 Å². The van der Waals surface area contributed by atoms with Crippen LogP contribution in [0.25, 0.3) is 0 Å². The van der Waals surface area contributed by atoms with Crippen molar-refractivity contribution in [3.05, 3.63) is 59.7 Å². The standard InChI is InChI=1S/C26H35NO5/c1-19(29)26(2)18-27(25(30)17-28)16-22(26)21-12-13-23(31-3)24(15-21)32-14-8-7-11-20-9-5-4-6-10-20/h4-6,9-10,12-13,15,19,22,28-29H,7-8,11,14,16-18H2,1-3H3. The minimum absolute atomic E-state index is 0.0793. The van der Waals surface area contributed by atoms with Crippen molar-refractivity contribution in [1.29, 1.82) is 0 Å². The van der Waals surface area contributed by atoms with Crippen molar-refractivity contribution < 1.29 is 24.5 Å². The first-order valence-corrected chi connectivity index (χ1v) is 11.3. The van der Waals surface area contributed by atoms with Gasteiger partial charge in [-0.1, -0.05) is 43.3 Å². The Morgan fingerprint density at radius 3 is 2.59 bits per heavy atom. The molecule has 3 atom stereocenters. The lowest BCUT2D eigenvalue weighted by molar-refractivity contribution is -0.133. The molecule has 1 saturated heterocycles. The fourth-order valence-electron chi connectivity index (χ4n) is 4.50. The third-order valence-corrected chi connectivity index (χ3v) is 6.72. The molecule has 0 aromatic heterocycles. The van der Waals surface area contributed by atoms with E-state index in [-0.39, 0.29) is 11.8 Å². The fraction of sp³-hybridized carbons (Fsp3) is 0.500. The molecule has 1 heterocycles. The highest BCUT2D eigenvalue weighted by Gasteiger charge is 2.48. The normalized spacial score (nSPS) is 21.4. The van der Waals surface area contributed by atoms with Crippen LogP contribution in [0.1, 0.15) is 43.7 Å². The van der Waals surface area contributed by atoms with Gasteiger partial charge in [-0.25, -0.2) is 0 Å². The van der Waals surface area contributed by atoms with E-state index < -0.39 is 18.1 Å². The van der Waals surface area contributed by atoms with Crippen molar-refractivity contribution in [3.63, 3.8) is 0 Å². The maximum absolute atomic E-state index is 12.1. The van der Waals surface area contributed by atoms with E-state index in [0.29, 0.717) is 31.2 Å². The molecule has 174 valence electrons. The Morgan fingerprint density at radius 1 is 1.19 bits per heavy atom. The SMILES string of the molecule is COc1ccc(C2CN(C(=O)CO)CC2(C)C(C)O)cc1OCCCCc1ccccc1. The van der Waals surface area contributed by atoms with Crippen LogP contribution in [0.3, 0.4) is 0 Å². The third kappa shape index (κ3) is 5.43. The predicted molar refractivity (Wildman–Crippen MR) is 124 cm³/mol. The van der Waals surface area contributed by atoms with E-state index in [9.17, 15) is 15.0 Å². The van der Waals surface area contributed by atoms with Crippen LogP contribution in [0.2, 0.25) is 0 Å². The summed E-state index contributed by atoms with van der Waals surface area (Å²) in [6.45, 7) is 4.65. The number of hydrogen-bond acceptors (Lipinski definition) is 5. The first kappa shape index (κ1) is 24.1. The number of nitrogens with zero attached hydrogens (tertiary/aromatic N) is 1. The lowest BCUT2D eigenvalue weighted by atomic mass is 9.72. The zero-order valence-electron chi connectivity index (χ0n) is 19.3. The van der Waals surface area contributed by atoms with Crippen LogP contribution in [0.4, 0.5) is 0 Å². The highest BCUT2D eigenvalue weighted by molar-refractivity contribution is 5.77. The number of likely N-dealkylation sites (tertiary alicyclic amines) is 1. The number of aliphatic hydroxyl groups is 2. The van der Waals surface area contributed by atoms with Crippen molar-refractivity contribution in [2.24, 2.45) is 5.41 Å². The number of rotatable bonds is 10. The molecule has 0 spiro atoms. The lowest BCUT2D eigenvalue weighted by Gasteiger charge is -2.33. The third-order valence-electron chi connectivity index (χ3n) is 6.72. The number of benzene rings is 2. The van der Waals surface area contributed by atoms with Gasteiger partial charge >= 0.3 is 0 Å². The van der Waals surface area contributed by atoms with Gasteiger partial charge in [0, 0.05) is 24.4 Å². The van der Waals surface area contributed by atoms with Gasteiger partial charge in [-0.15, -0.1) is 0 Å². The minimum atomic E-state index is -0.617. The van der Waals surface area contributed by atoms with Crippen molar-refractivity contribution in [3.8, 4) is 11.5 Å². The van der Waals surface area contributed by atoms with E-state index in [1.54, 1.807) is 18.9 Å². The molecule has 1 fully saturated rings. The maximum atomic E-state index is 12.1. The summed E-state index contributed by atoms with van der Waals surface area (Å²) in [4.78, 5) is 13.8. The number of carbonyl (C=O) groups is 1. The molecule has 1 aliphatic rings. The first-order valence-electron chi connectivity index (χ1n) is 11.3. The lowest BCUT2D eigenvalue weighted by Crippen LogP contribution is -2.38. The molecule has 2 N–H and O–H groups in total. The van der Waals surface area contributed by atoms with Crippen LogP contribution >= 0.6 is 0 Å². The molecule has 0 saturated carbocycles. The Kier molecular flexibility index (Phi) is 8.15. The summed E-state index contributed by atoms with van der Waals surface area (Å²) in [5.74, 6) is 0.938. The number of unbranched alkanes of at least 4 members (excludes halogenated alkanes) is 1. The van der Waals surface area contributed by atoms with E-state index in [1.807, 2.05) is 31.2 Å². The molecular formula is C26H35NO5. The van der Waals surface area contributed by atoms with Gasteiger partial charge in [-0.05, 0) is 49.4 Å². The number of amides is 1. The number of ether oxygens (including phenoxy) is 2. The van der Waals surface area contributed by atoms with Crippen molar-refractivity contribution in [2.75, 3.05) is 33.4 Å². The van der Waals surface area contributed by atoms with Gasteiger partial charge in [0.15, 0.2) is 11.5 Å². The second-order valence-corrected chi connectivity index (χ2v) is 8.87. The van der Waals surface area contributed by atoms with Crippen LogP contribution in [0.5, 0.6) is 11.5 Å². The summed E-state index contributed by atoms with van der Waals surface area (Å²) in [6.07, 6.45) is 2.36. The average Bonchev–Trinajstić information content (AvgIpc) is 3.18. The van der Waals surface area contributed by atoms with Gasteiger partial charge in [0.1, 0.15) is 6.61 Å². The number of methoxy groups -OCH3 is 1. The van der Waals surface area contributed by atoms with Crippen molar-refractivity contribution >= 4 is 5.91 Å². The van der Waals surface area contributed by atoms with Crippen LogP contribution in [0.15, 0.2) is 48.5 Å². The predicted octanol–water partition coefficient (Wildman–Crippen LogP) is 3.40. The molecule has 2 aromatic carbocycles. The first-order chi connectivity index (χ1) is 15.4. The molecule has 0 aliphatic carbocycles. The second kappa shape index (κ2) is 10.8. The molecular weight excluding hydrogens is 406 g/mol. The molecule has 6 heteroatoms. The van der Waals surface area contributed by atoms with E-state index in [0.717, 1.165) is 24.8 Å². The smallest absolute Gasteiger partial charge is 0.248 e. The van der Waals surface area contributed by atoms with Gasteiger partial charge in [0.25, 0.3) is 0 Å². The van der Waals surface area contributed by atoms with E-state index in [1.165, 1.54) is 5.56 Å². The Balaban J connectivity index is 1.69. The van der Waals surface area contributed by atoms with Gasteiger partial charge in [0.2, 0.25) is 5.91 Å². The highest BCUT2D eigenvalue weighted by atomic mass is 16.5. The van der Waals surface area contributed by atoms with Crippen LogP contribution in [0, 0.1) is 5.41 Å². The molecule has 1 amide bonds. The largest absolute Gasteiger partial charge is 0.493 e. The number of carbonyl (C=O) groups excluding carboxylic acids is 1. The summed E-state index contributed by atoms with van der Waals surface area (Å²) in [5, 5.41) is 19.8. The van der Waals surface area contributed by atoms with Crippen molar-refractivity contribution in [1.82, 2.24) is 4.90 Å². The molecule has 3 unspecified atom stereocenters. The van der Waals surface area contributed by atoms with E-state index in [4.69, 9.17) is 9.47 Å². The monoisotopic (exact) mass is 441 g/mol. The summed E-state index contributed by atoms with van der Waals surface area (Å²) in [5.41, 5.74) is 1.79. The Bertz CT molecular complexity index is 885. The Morgan fingerprint density at radius 2 is 1.94 bits per heavy atom. The van der Waals surface area contributed by atoms with Crippen LogP contribution in [-0.4, -0.2) is 60.5 Å². The molecule has 6 nitrogen and oxygen atoms in total. The minimum Gasteiger partial charge on any atom is -0.493 e. The molecule has 1 aliphatic heterocycles. The topological polar surface area (TPSA) is 79.2 Å². The molecule has 3 rings (SSSR count). The molecule has 0 bridgehead atoms. The van der Waals surface area contributed by atoms with Gasteiger partial charge in [-0.3, -0.25) is 4.79 Å². The second-order valence-electron chi connectivity index (χ2n) is 8.87. The highest BCUT2D eigenvalue weighted by Crippen LogP contribution is 2.46. The molecule has 2 aromatic rings.